The fourth-order valence-corrected chi connectivity index (χ4v) is 3.35. The molecule has 1 aliphatic heterocycles. The first kappa shape index (κ1) is 15.1. The summed E-state index contributed by atoms with van der Waals surface area (Å²) in [6, 6.07) is 5.16. The van der Waals surface area contributed by atoms with Crippen molar-refractivity contribution in [1.29, 1.82) is 0 Å². The fraction of sp³-hybridized carbons (Fsp3) is 0.167. The fourth-order valence-electron chi connectivity index (χ4n) is 2.99. The zero-order valence-electron chi connectivity index (χ0n) is 12.6. The Morgan fingerprint density at radius 1 is 1.21 bits per heavy atom. The molecule has 24 heavy (non-hydrogen) atoms. The van der Waals surface area contributed by atoms with Gasteiger partial charge in [0.1, 0.15) is 17.8 Å². The van der Waals surface area contributed by atoms with Crippen LogP contribution in [0.5, 0.6) is 5.75 Å². The maximum atomic E-state index is 12.8. The molecular weight excluding hydrogens is 376 g/mol. The van der Waals surface area contributed by atoms with E-state index in [1.54, 1.807) is 25.1 Å². The van der Waals surface area contributed by atoms with E-state index in [0.29, 0.717) is 17.7 Å². The molecule has 0 amide bonds. The van der Waals surface area contributed by atoms with Crippen LogP contribution in [0.25, 0.3) is 5.57 Å². The van der Waals surface area contributed by atoms with Crippen LogP contribution in [0.15, 0.2) is 33.4 Å². The van der Waals surface area contributed by atoms with Gasteiger partial charge in [0.15, 0.2) is 5.78 Å². The number of hydrogen-bond donors (Lipinski definition) is 0. The monoisotopic (exact) mass is 386 g/mol. The van der Waals surface area contributed by atoms with Crippen molar-refractivity contribution in [3.63, 3.8) is 0 Å². The van der Waals surface area contributed by atoms with E-state index in [4.69, 9.17) is 9.15 Å². The van der Waals surface area contributed by atoms with Crippen LogP contribution < -0.4 is 4.74 Å². The van der Waals surface area contributed by atoms with Crippen molar-refractivity contribution in [3.05, 3.63) is 57.0 Å². The van der Waals surface area contributed by atoms with Crippen molar-refractivity contribution in [1.82, 2.24) is 0 Å². The standard InChI is InChI=1S/C18H11BrO5/c1-8-14(19)17(22)16(21)13-11(7-24-18(8)13)15(20)10-2-3-12-9(6-10)4-5-23-12/h2-3,6-7H,4-5H2,1H3. The molecule has 4 rings (SSSR count). The number of carbonyl (C=O) groups is 3. The van der Waals surface area contributed by atoms with Crippen LogP contribution in [0.3, 0.4) is 0 Å². The maximum absolute atomic E-state index is 12.8. The topological polar surface area (TPSA) is 73.6 Å². The average Bonchev–Trinajstić information content (AvgIpc) is 3.23. The molecule has 0 saturated carbocycles. The molecule has 0 fully saturated rings. The molecule has 5 nitrogen and oxygen atoms in total. The van der Waals surface area contributed by atoms with Gasteiger partial charge in [0.2, 0.25) is 11.6 Å². The van der Waals surface area contributed by atoms with E-state index in [9.17, 15) is 14.4 Å². The molecule has 0 bridgehead atoms. The van der Waals surface area contributed by atoms with Gasteiger partial charge in [0, 0.05) is 17.6 Å². The van der Waals surface area contributed by atoms with Crippen LogP contribution in [-0.4, -0.2) is 24.0 Å². The van der Waals surface area contributed by atoms with E-state index in [2.05, 4.69) is 15.9 Å². The lowest BCUT2D eigenvalue weighted by Crippen LogP contribution is -2.22. The molecule has 0 saturated heterocycles. The SMILES string of the molecule is CC1=C(Br)C(=O)C(=O)c2c(C(=O)c3ccc4c(c3)CCO4)coc21. The van der Waals surface area contributed by atoms with Gasteiger partial charge in [-0.2, -0.15) is 0 Å². The van der Waals surface area contributed by atoms with Gasteiger partial charge in [-0.25, -0.2) is 0 Å². The number of furan rings is 1. The summed E-state index contributed by atoms with van der Waals surface area (Å²) >= 11 is 3.10. The van der Waals surface area contributed by atoms with Gasteiger partial charge in [-0.3, -0.25) is 14.4 Å². The van der Waals surface area contributed by atoms with E-state index in [-0.39, 0.29) is 27.2 Å². The molecule has 6 heteroatoms. The Balaban J connectivity index is 1.82. The molecule has 0 radical (unpaired) electrons. The number of allylic oxidation sites excluding steroid dienone is 2. The Bertz CT molecular complexity index is 964. The second-order valence-electron chi connectivity index (χ2n) is 5.70. The lowest BCUT2D eigenvalue weighted by atomic mass is 9.90. The number of benzene rings is 1. The Kier molecular flexibility index (Phi) is 3.31. The van der Waals surface area contributed by atoms with Crippen molar-refractivity contribution >= 4 is 38.9 Å². The number of carbonyl (C=O) groups excluding carboxylic acids is 3. The predicted molar refractivity (Wildman–Crippen MR) is 88.6 cm³/mol. The molecule has 2 aliphatic rings. The summed E-state index contributed by atoms with van der Waals surface area (Å²) in [5.41, 5.74) is 2.06. The summed E-state index contributed by atoms with van der Waals surface area (Å²) in [7, 11) is 0. The second-order valence-corrected chi connectivity index (χ2v) is 6.49. The quantitative estimate of drug-likeness (QED) is 0.584. The van der Waals surface area contributed by atoms with E-state index >= 15 is 0 Å². The highest BCUT2D eigenvalue weighted by molar-refractivity contribution is 9.12. The molecule has 2 aromatic rings. The number of hydrogen-bond acceptors (Lipinski definition) is 5. The number of ketones is 3. The third-order valence-electron chi connectivity index (χ3n) is 4.29. The van der Waals surface area contributed by atoms with Crippen LogP contribution in [0.4, 0.5) is 0 Å². The second kappa shape index (κ2) is 5.27. The highest BCUT2D eigenvalue weighted by Gasteiger charge is 2.36. The smallest absolute Gasteiger partial charge is 0.241 e. The van der Waals surface area contributed by atoms with Crippen molar-refractivity contribution in [2.45, 2.75) is 13.3 Å². The minimum atomic E-state index is -0.732. The summed E-state index contributed by atoms with van der Waals surface area (Å²) in [6.07, 6.45) is 1.99. The van der Waals surface area contributed by atoms with E-state index in [1.807, 2.05) is 0 Å². The van der Waals surface area contributed by atoms with Gasteiger partial charge in [-0.15, -0.1) is 0 Å². The normalized spacial score (nSPS) is 16.1. The van der Waals surface area contributed by atoms with Crippen molar-refractivity contribution in [2.75, 3.05) is 6.61 Å². The molecular formula is C18H11BrO5. The average molecular weight is 387 g/mol. The van der Waals surface area contributed by atoms with Crippen LogP contribution in [0, 0.1) is 0 Å². The molecule has 1 aliphatic carbocycles. The third kappa shape index (κ3) is 2.03. The molecule has 2 heterocycles. The summed E-state index contributed by atoms with van der Waals surface area (Å²) in [5.74, 6) is -0.711. The Morgan fingerprint density at radius 3 is 2.79 bits per heavy atom. The minimum Gasteiger partial charge on any atom is -0.493 e. The van der Waals surface area contributed by atoms with Gasteiger partial charge in [0.25, 0.3) is 0 Å². The Labute approximate surface area is 145 Å². The minimum absolute atomic E-state index is 0.0439. The number of ether oxygens (including phenoxy) is 1. The predicted octanol–water partition coefficient (Wildman–Crippen LogP) is 3.34. The van der Waals surface area contributed by atoms with Gasteiger partial charge in [-0.05, 0) is 46.6 Å². The van der Waals surface area contributed by atoms with E-state index in [1.165, 1.54) is 6.26 Å². The van der Waals surface area contributed by atoms with Crippen LogP contribution in [0.1, 0.15) is 44.5 Å². The van der Waals surface area contributed by atoms with Crippen LogP contribution in [-0.2, 0) is 11.2 Å². The molecule has 0 atom stereocenters. The molecule has 120 valence electrons. The summed E-state index contributed by atoms with van der Waals surface area (Å²) in [6.45, 7) is 2.26. The first-order chi connectivity index (χ1) is 11.5. The first-order valence-electron chi connectivity index (χ1n) is 7.36. The lowest BCUT2D eigenvalue weighted by Gasteiger charge is -2.11. The van der Waals surface area contributed by atoms with Crippen molar-refractivity contribution in [2.24, 2.45) is 0 Å². The van der Waals surface area contributed by atoms with E-state index in [0.717, 1.165) is 17.7 Å². The molecule has 0 unspecified atom stereocenters. The zero-order valence-corrected chi connectivity index (χ0v) is 14.2. The molecule has 0 spiro atoms. The van der Waals surface area contributed by atoms with Gasteiger partial charge in [-0.1, -0.05) is 0 Å². The van der Waals surface area contributed by atoms with Gasteiger partial charge < -0.3 is 9.15 Å². The van der Waals surface area contributed by atoms with Gasteiger partial charge >= 0.3 is 0 Å². The lowest BCUT2D eigenvalue weighted by molar-refractivity contribution is -0.111. The highest BCUT2D eigenvalue weighted by atomic mass is 79.9. The number of halogens is 1. The molecule has 1 aromatic heterocycles. The zero-order chi connectivity index (χ0) is 17.0. The highest BCUT2D eigenvalue weighted by Crippen LogP contribution is 2.36. The van der Waals surface area contributed by atoms with Gasteiger partial charge in [0.05, 0.1) is 22.2 Å². The van der Waals surface area contributed by atoms with Crippen LogP contribution >= 0.6 is 15.9 Å². The first-order valence-corrected chi connectivity index (χ1v) is 8.16. The Morgan fingerprint density at radius 2 is 2.00 bits per heavy atom. The Hall–Kier alpha value is -2.47. The van der Waals surface area contributed by atoms with Crippen molar-refractivity contribution in [3.8, 4) is 5.75 Å². The molecule has 1 aromatic carbocycles. The summed E-state index contributed by atoms with van der Waals surface area (Å²) in [4.78, 5) is 37.2. The maximum Gasteiger partial charge on any atom is 0.241 e. The summed E-state index contributed by atoms with van der Waals surface area (Å²) < 4.78 is 11.0. The summed E-state index contributed by atoms with van der Waals surface area (Å²) in [5, 5.41) is 0. The third-order valence-corrected chi connectivity index (χ3v) is 5.24. The number of fused-ring (bicyclic) bond motifs is 2. The number of Topliss-reactive ketones (excluding diaryl/α,β-unsaturated/α-hetero) is 2. The largest absolute Gasteiger partial charge is 0.493 e. The number of rotatable bonds is 2. The van der Waals surface area contributed by atoms with Crippen LogP contribution in [0.2, 0.25) is 0 Å². The van der Waals surface area contributed by atoms with Crippen molar-refractivity contribution < 1.29 is 23.5 Å². The van der Waals surface area contributed by atoms with E-state index < -0.39 is 11.6 Å². The molecule has 0 N–H and O–H groups in total.